The molecule has 19 heavy (non-hydrogen) atoms. The van der Waals surface area contributed by atoms with Crippen molar-refractivity contribution in [1.29, 1.82) is 0 Å². The van der Waals surface area contributed by atoms with E-state index >= 15 is 0 Å². The SMILES string of the molecule is CNc1cc(-c2ccc(F)cc2)nc(C(F)(F)F)n1. The number of benzene rings is 1. The van der Waals surface area contributed by atoms with Crippen LogP contribution in [0.4, 0.5) is 23.4 Å². The molecule has 0 saturated carbocycles. The van der Waals surface area contributed by atoms with E-state index in [1.165, 1.54) is 25.2 Å². The lowest BCUT2D eigenvalue weighted by Crippen LogP contribution is -2.13. The van der Waals surface area contributed by atoms with E-state index in [2.05, 4.69) is 15.3 Å². The van der Waals surface area contributed by atoms with Crippen molar-refractivity contribution >= 4 is 5.82 Å². The largest absolute Gasteiger partial charge is 0.451 e. The summed E-state index contributed by atoms with van der Waals surface area (Å²) in [4.78, 5) is 6.80. The van der Waals surface area contributed by atoms with Gasteiger partial charge in [0.05, 0.1) is 5.69 Å². The van der Waals surface area contributed by atoms with E-state index in [0.717, 1.165) is 12.1 Å². The molecule has 1 aromatic carbocycles. The summed E-state index contributed by atoms with van der Waals surface area (Å²) in [5.74, 6) is -1.66. The van der Waals surface area contributed by atoms with E-state index in [-0.39, 0.29) is 11.5 Å². The molecule has 0 bridgehead atoms. The van der Waals surface area contributed by atoms with Crippen LogP contribution in [-0.4, -0.2) is 17.0 Å². The zero-order valence-electron chi connectivity index (χ0n) is 9.79. The molecule has 0 fully saturated rings. The molecule has 0 spiro atoms. The Bertz CT molecular complexity index is 579. The standard InChI is InChI=1S/C12H9F4N3/c1-17-10-6-9(7-2-4-8(13)5-3-7)18-11(19-10)12(14,15)16/h2-6H,1H3,(H,17,18,19). The summed E-state index contributed by atoms with van der Waals surface area (Å²) in [6.45, 7) is 0. The third-order valence-corrected chi connectivity index (χ3v) is 2.38. The van der Waals surface area contributed by atoms with Crippen molar-refractivity contribution in [3.05, 3.63) is 42.0 Å². The molecule has 0 aliphatic carbocycles. The summed E-state index contributed by atoms with van der Waals surface area (Å²) in [5.41, 5.74) is 0.456. The van der Waals surface area contributed by atoms with E-state index in [1.807, 2.05) is 0 Å². The first-order valence-corrected chi connectivity index (χ1v) is 5.30. The summed E-state index contributed by atoms with van der Waals surface area (Å²) >= 11 is 0. The lowest BCUT2D eigenvalue weighted by Gasteiger charge is -2.10. The number of rotatable bonds is 2. The maximum Gasteiger partial charge on any atom is 0.451 e. The second-order valence-electron chi connectivity index (χ2n) is 3.72. The molecule has 3 nitrogen and oxygen atoms in total. The molecule has 0 atom stereocenters. The van der Waals surface area contributed by atoms with Crippen LogP contribution in [0, 0.1) is 5.82 Å². The van der Waals surface area contributed by atoms with E-state index in [0.29, 0.717) is 5.56 Å². The first-order valence-electron chi connectivity index (χ1n) is 5.30. The number of nitrogens with zero attached hydrogens (tertiary/aromatic N) is 2. The van der Waals surface area contributed by atoms with E-state index in [1.54, 1.807) is 0 Å². The summed E-state index contributed by atoms with van der Waals surface area (Å²) < 4.78 is 50.7. The van der Waals surface area contributed by atoms with Gasteiger partial charge in [-0.2, -0.15) is 13.2 Å². The maximum atomic E-state index is 12.8. The molecule has 0 saturated heterocycles. The monoisotopic (exact) mass is 271 g/mol. The minimum absolute atomic E-state index is 0.0432. The van der Waals surface area contributed by atoms with Crippen molar-refractivity contribution in [3.8, 4) is 11.3 Å². The fraction of sp³-hybridized carbons (Fsp3) is 0.167. The molecule has 100 valence electrons. The van der Waals surface area contributed by atoms with Crippen molar-refractivity contribution < 1.29 is 17.6 Å². The average molecular weight is 271 g/mol. The van der Waals surface area contributed by atoms with Gasteiger partial charge in [-0.25, -0.2) is 14.4 Å². The summed E-state index contributed by atoms with van der Waals surface area (Å²) in [6.07, 6.45) is -4.64. The van der Waals surface area contributed by atoms with Crippen molar-refractivity contribution in [1.82, 2.24) is 9.97 Å². The van der Waals surface area contributed by atoms with Crippen molar-refractivity contribution in [2.75, 3.05) is 12.4 Å². The highest BCUT2D eigenvalue weighted by Crippen LogP contribution is 2.29. The Morgan fingerprint density at radius 3 is 2.21 bits per heavy atom. The normalized spacial score (nSPS) is 11.4. The van der Waals surface area contributed by atoms with Gasteiger partial charge in [-0.15, -0.1) is 0 Å². The Morgan fingerprint density at radius 2 is 1.68 bits per heavy atom. The first-order chi connectivity index (χ1) is 8.90. The van der Waals surface area contributed by atoms with Crippen LogP contribution >= 0.6 is 0 Å². The predicted molar refractivity (Wildman–Crippen MR) is 62.0 cm³/mol. The van der Waals surface area contributed by atoms with Gasteiger partial charge in [0, 0.05) is 18.7 Å². The molecule has 2 aromatic rings. The Kier molecular flexibility index (Phi) is 3.37. The maximum absolute atomic E-state index is 12.8. The number of nitrogens with one attached hydrogen (secondary N) is 1. The van der Waals surface area contributed by atoms with Crippen LogP contribution in [0.5, 0.6) is 0 Å². The highest BCUT2D eigenvalue weighted by atomic mass is 19.4. The average Bonchev–Trinajstić information content (AvgIpc) is 2.38. The fourth-order valence-electron chi connectivity index (χ4n) is 1.47. The molecule has 1 heterocycles. The number of halogens is 4. The van der Waals surface area contributed by atoms with Gasteiger partial charge in [-0.3, -0.25) is 0 Å². The molecule has 0 aliphatic rings. The highest BCUT2D eigenvalue weighted by molar-refractivity contribution is 5.62. The quantitative estimate of drug-likeness (QED) is 0.851. The van der Waals surface area contributed by atoms with Crippen LogP contribution in [0.2, 0.25) is 0 Å². The first kappa shape index (κ1) is 13.3. The second-order valence-corrected chi connectivity index (χ2v) is 3.72. The Balaban J connectivity index is 2.54. The number of hydrogen-bond donors (Lipinski definition) is 1. The van der Waals surface area contributed by atoms with E-state index < -0.39 is 17.8 Å². The fourth-order valence-corrected chi connectivity index (χ4v) is 1.47. The van der Waals surface area contributed by atoms with Gasteiger partial charge >= 0.3 is 6.18 Å². The Morgan fingerprint density at radius 1 is 1.05 bits per heavy atom. The van der Waals surface area contributed by atoms with Crippen molar-refractivity contribution in [3.63, 3.8) is 0 Å². The third-order valence-electron chi connectivity index (χ3n) is 2.38. The zero-order chi connectivity index (χ0) is 14.0. The Hall–Kier alpha value is -2.18. The van der Waals surface area contributed by atoms with Crippen LogP contribution in [0.3, 0.4) is 0 Å². The minimum atomic E-state index is -4.64. The molecular formula is C12H9F4N3. The van der Waals surface area contributed by atoms with Gasteiger partial charge in [0.15, 0.2) is 0 Å². The van der Waals surface area contributed by atoms with Gasteiger partial charge in [0.1, 0.15) is 11.6 Å². The van der Waals surface area contributed by atoms with Crippen LogP contribution in [0.15, 0.2) is 30.3 Å². The number of hydrogen-bond acceptors (Lipinski definition) is 3. The molecule has 0 radical (unpaired) electrons. The third kappa shape index (κ3) is 2.98. The van der Waals surface area contributed by atoms with Gasteiger partial charge < -0.3 is 5.32 Å². The Labute approximate surface area is 106 Å². The van der Waals surface area contributed by atoms with E-state index in [9.17, 15) is 17.6 Å². The molecule has 0 aliphatic heterocycles. The number of aromatic nitrogens is 2. The lowest BCUT2D eigenvalue weighted by atomic mass is 10.1. The lowest BCUT2D eigenvalue weighted by molar-refractivity contribution is -0.144. The van der Waals surface area contributed by atoms with Crippen molar-refractivity contribution in [2.45, 2.75) is 6.18 Å². The second kappa shape index (κ2) is 4.83. The van der Waals surface area contributed by atoms with Crippen LogP contribution in [0.25, 0.3) is 11.3 Å². The van der Waals surface area contributed by atoms with Gasteiger partial charge in [0.25, 0.3) is 0 Å². The minimum Gasteiger partial charge on any atom is -0.373 e. The molecule has 1 N–H and O–H groups in total. The summed E-state index contributed by atoms with van der Waals surface area (Å²) in [6, 6.07) is 6.39. The molecule has 1 aromatic heterocycles. The number of anilines is 1. The van der Waals surface area contributed by atoms with E-state index in [4.69, 9.17) is 0 Å². The van der Waals surface area contributed by atoms with Crippen LogP contribution in [-0.2, 0) is 6.18 Å². The summed E-state index contributed by atoms with van der Waals surface area (Å²) in [7, 11) is 1.46. The molecule has 0 unspecified atom stereocenters. The molecular weight excluding hydrogens is 262 g/mol. The van der Waals surface area contributed by atoms with Gasteiger partial charge in [-0.05, 0) is 24.3 Å². The molecule has 7 heteroatoms. The topological polar surface area (TPSA) is 37.8 Å². The molecule has 2 rings (SSSR count). The van der Waals surface area contributed by atoms with Gasteiger partial charge in [-0.1, -0.05) is 0 Å². The zero-order valence-corrected chi connectivity index (χ0v) is 9.79. The highest BCUT2D eigenvalue weighted by Gasteiger charge is 2.35. The smallest absolute Gasteiger partial charge is 0.373 e. The molecule has 0 amide bonds. The summed E-state index contributed by atoms with van der Waals surface area (Å²) in [5, 5.41) is 2.54. The predicted octanol–water partition coefficient (Wildman–Crippen LogP) is 3.34. The van der Waals surface area contributed by atoms with Gasteiger partial charge in [0.2, 0.25) is 5.82 Å². The van der Waals surface area contributed by atoms with Crippen molar-refractivity contribution in [2.24, 2.45) is 0 Å². The van der Waals surface area contributed by atoms with Crippen LogP contribution < -0.4 is 5.32 Å². The van der Waals surface area contributed by atoms with Crippen LogP contribution in [0.1, 0.15) is 5.82 Å². The number of alkyl halides is 3.